The van der Waals surface area contributed by atoms with Crippen LogP contribution in [0.25, 0.3) is 10.2 Å². The lowest BCUT2D eigenvalue weighted by molar-refractivity contribution is -0.126. The average molecular weight is 508 g/mol. The minimum absolute atomic E-state index is 0.224. The van der Waals surface area contributed by atoms with Gasteiger partial charge in [0, 0.05) is 37.1 Å². The Morgan fingerprint density at radius 3 is 2.71 bits per heavy atom. The molecule has 0 atom stereocenters. The number of hydrogen-bond acceptors (Lipinski definition) is 7. The molecule has 0 spiro atoms. The highest BCUT2D eigenvalue weighted by molar-refractivity contribution is 7.18. The standard InChI is InChI=1S/C25H32F3N5OS/c1-32(2)9-4-12-34-20-6-3-5-18(13-20)16-33-10-7-19(8-11-33)31-23-22-14-21(15-25(26,27)28)35-24(22)30-17-29-23/h3,5-6,13-14,17,19H,4,7-12,15-16H2,1-2H3,(H,29,30,31). The number of piperidine rings is 1. The topological polar surface area (TPSA) is 53.5 Å². The van der Waals surface area contributed by atoms with Gasteiger partial charge in [-0.15, -0.1) is 11.3 Å². The molecule has 0 bridgehead atoms. The molecule has 1 aromatic carbocycles. The van der Waals surface area contributed by atoms with Gasteiger partial charge < -0.3 is 15.0 Å². The quantitative estimate of drug-likeness (QED) is 0.381. The van der Waals surface area contributed by atoms with Crippen LogP contribution >= 0.6 is 11.3 Å². The lowest BCUT2D eigenvalue weighted by atomic mass is 10.0. The molecule has 6 nitrogen and oxygen atoms in total. The van der Waals surface area contributed by atoms with Crippen LogP contribution in [-0.4, -0.2) is 72.3 Å². The van der Waals surface area contributed by atoms with E-state index >= 15 is 0 Å². The number of fused-ring (bicyclic) bond motifs is 1. The predicted octanol–water partition coefficient (Wildman–Crippen LogP) is 5.20. The van der Waals surface area contributed by atoms with Crippen LogP contribution in [0, 0.1) is 0 Å². The molecule has 1 aliphatic rings. The van der Waals surface area contributed by atoms with E-state index in [1.165, 1.54) is 11.9 Å². The van der Waals surface area contributed by atoms with Crippen LogP contribution < -0.4 is 10.1 Å². The molecular formula is C25H32F3N5OS. The number of nitrogens with zero attached hydrogens (tertiary/aromatic N) is 4. The number of halogens is 3. The molecule has 0 radical (unpaired) electrons. The Bertz CT molecular complexity index is 1100. The number of ether oxygens (including phenoxy) is 1. The van der Waals surface area contributed by atoms with Gasteiger partial charge in [0.1, 0.15) is 22.7 Å². The van der Waals surface area contributed by atoms with Crippen molar-refractivity contribution in [1.82, 2.24) is 19.8 Å². The molecule has 0 aliphatic carbocycles. The van der Waals surface area contributed by atoms with Crippen LogP contribution in [0.1, 0.15) is 29.7 Å². The molecule has 2 aromatic heterocycles. The van der Waals surface area contributed by atoms with Crippen molar-refractivity contribution in [2.45, 2.75) is 44.4 Å². The summed E-state index contributed by atoms with van der Waals surface area (Å²) in [5, 5.41) is 4.12. The highest BCUT2D eigenvalue weighted by Crippen LogP contribution is 2.33. The first-order valence-corrected chi connectivity index (χ1v) is 12.7. The summed E-state index contributed by atoms with van der Waals surface area (Å²) in [7, 11) is 4.12. The number of alkyl halides is 3. The van der Waals surface area contributed by atoms with E-state index < -0.39 is 12.6 Å². The zero-order valence-corrected chi connectivity index (χ0v) is 21.0. The Morgan fingerprint density at radius 1 is 1.17 bits per heavy atom. The number of aromatic nitrogens is 2. The summed E-state index contributed by atoms with van der Waals surface area (Å²) in [6.07, 6.45) is -0.882. The molecule has 0 amide bonds. The number of thiophene rings is 1. The van der Waals surface area contributed by atoms with Crippen LogP contribution in [0.3, 0.4) is 0 Å². The van der Waals surface area contributed by atoms with Gasteiger partial charge in [0.15, 0.2) is 0 Å². The molecule has 1 aliphatic heterocycles. The van der Waals surface area contributed by atoms with Gasteiger partial charge in [0.25, 0.3) is 0 Å². The minimum Gasteiger partial charge on any atom is -0.494 e. The molecule has 3 aromatic rings. The maximum absolute atomic E-state index is 12.8. The van der Waals surface area contributed by atoms with Crippen LogP contribution in [-0.2, 0) is 13.0 Å². The maximum Gasteiger partial charge on any atom is 0.393 e. The van der Waals surface area contributed by atoms with Gasteiger partial charge >= 0.3 is 6.18 Å². The summed E-state index contributed by atoms with van der Waals surface area (Å²) in [4.78, 5) is 13.9. The van der Waals surface area contributed by atoms with Crippen LogP contribution in [0.5, 0.6) is 5.75 Å². The van der Waals surface area contributed by atoms with Gasteiger partial charge in [0.2, 0.25) is 0 Å². The van der Waals surface area contributed by atoms with E-state index in [2.05, 4.69) is 51.3 Å². The molecule has 1 saturated heterocycles. The number of anilines is 1. The van der Waals surface area contributed by atoms with Gasteiger partial charge in [0.05, 0.1) is 18.4 Å². The minimum atomic E-state index is -4.23. The molecule has 4 rings (SSSR count). The average Bonchev–Trinajstić information content (AvgIpc) is 3.20. The Balaban J connectivity index is 1.28. The SMILES string of the molecule is CN(C)CCCOc1cccc(CN2CCC(Nc3ncnc4sc(CC(F)(F)F)cc34)CC2)c1. The lowest BCUT2D eigenvalue weighted by Gasteiger charge is -2.32. The van der Waals surface area contributed by atoms with Crippen LogP contribution in [0.15, 0.2) is 36.7 Å². The zero-order chi connectivity index (χ0) is 24.8. The third kappa shape index (κ3) is 7.78. The number of nitrogens with one attached hydrogen (secondary N) is 1. The highest BCUT2D eigenvalue weighted by Gasteiger charge is 2.29. The fourth-order valence-electron chi connectivity index (χ4n) is 4.30. The van der Waals surface area contributed by atoms with E-state index in [0.717, 1.165) is 62.5 Å². The second kappa shape index (κ2) is 11.5. The monoisotopic (exact) mass is 507 g/mol. The molecule has 1 fully saturated rings. The lowest BCUT2D eigenvalue weighted by Crippen LogP contribution is -2.38. The molecule has 3 heterocycles. The number of likely N-dealkylation sites (tertiary alicyclic amines) is 1. The largest absolute Gasteiger partial charge is 0.494 e. The van der Waals surface area contributed by atoms with E-state index in [4.69, 9.17) is 4.74 Å². The molecule has 10 heteroatoms. The van der Waals surface area contributed by atoms with Crippen molar-refractivity contribution in [2.24, 2.45) is 0 Å². The van der Waals surface area contributed by atoms with E-state index in [-0.39, 0.29) is 10.9 Å². The number of benzene rings is 1. The third-order valence-electron chi connectivity index (χ3n) is 6.01. The van der Waals surface area contributed by atoms with Crippen molar-refractivity contribution in [1.29, 1.82) is 0 Å². The molecule has 0 saturated carbocycles. The summed E-state index contributed by atoms with van der Waals surface area (Å²) in [6, 6.07) is 10.1. The van der Waals surface area contributed by atoms with Gasteiger partial charge in [-0.1, -0.05) is 12.1 Å². The normalized spacial score (nSPS) is 15.7. The molecule has 1 N–H and O–H groups in total. The van der Waals surface area contributed by atoms with Crippen molar-refractivity contribution in [3.8, 4) is 5.75 Å². The highest BCUT2D eigenvalue weighted by atomic mass is 32.1. The fourth-order valence-corrected chi connectivity index (χ4v) is 5.32. The second-order valence-electron chi connectivity index (χ2n) is 9.29. The van der Waals surface area contributed by atoms with Crippen molar-refractivity contribution < 1.29 is 17.9 Å². The van der Waals surface area contributed by atoms with Gasteiger partial charge in [-0.2, -0.15) is 13.2 Å². The Morgan fingerprint density at radius 2 is 1.97 bits per heavy atom. The predicted molar refractivity (Wildman–Crippen MR) is 134 cm³/mol. The summed E-state index contributed by atoms with van der Waals surface area (Å²) in [5.74, 6) is 1.53. The molecule has 0 unspecified atom stereocenters. The number of hydrogen-bond donors (Lipinski definition) is 1. The third-order valence-corrected chi connectivity index (χ3v) is 7.05. The van der Waals surface area contributed by atoms with E-state index in [1.54, 1.807) is 6.07 Å². The maximum atomic E-state index is 12.8. The van der Waals surface area contributed by atoms with Gasteiger partial charge in [-0.3, -0.25) is 4.90 Å². The summed E-state index contributed by atoms with van der Waals surface area (Å²) in [5.41, 5.74) is 1.23. The summed E-state index contributed by atoms with van der Waals surface area (Å²) >= 11 is 1.08. The Kier molecular flexibility index (Phi) is 8.46. The molecular weight excluding hydrogens is 475 g/mol. The van der Waals surface area contributed by atoms with Crippen molar-refractivity contribution in [2.75, 3.05) is 45.7 Å². The summed E-state index contributed by atoms with van der Waals surface area (Å²) in [6.45, 7) is 4.44. The number of rotatable bonds is 10. The van der Waals surface area contributed by atoms with Crippen LogP contribution in [0.4, 0.5) is 19.0 Å². The van der Waals surface area contributed by atoms with Crippen LogP contribution in [0.2, 0.25) is 0 Å². The Labute approximate surface area is 208 Å². The van der Waals surface area contributed by atoms with Crippen molar-refractivity contribution in [3.63, 3.8) is 0 Å². The first-order valence-electron chi connectivity index (χ1n) is 11.9. The van der Waals surface area contributed by atoms with Gasteiger partial charge in [-0.05, 0) is 57.1 Å². The zero-order valence-electron chi connectivity index (χ0n) is 20.1. The van der Waals surface area contributed by atoms with Crippen molar-refractivity contribution in [3.05, 3.63) is 47.1 Å². The van der Waals surface area contributed by atoms with E-state index in [0.29, 0.717) is 22.6 Å². The van der Waals surface area contributed by atoms with E-state index in [9.17, 15) is 13.2 Å². The van der Waals surface area contributed by atoms with Gasteiger partial charge in [-0.25, -0.2) is 9.97 Å². The smallest absolute Gasteiger partial charge is 0.393 e. The fraction of sp³-hybridized carbons (Fsp3) is 0.520. The van der Waals surface area contributed by atoms with Crippen molar-refractivity contribution >= 4 is 27.4 Å². The first kappa shape index (κ1) is 25.7. The molecule has 190 valence electrons. The summed E-state index contributed by atoms with van der Waals surface area (Å²) < 4.78 is 44.3. The van der Waals surface area contributed by atoms with E-state index in [1.807, 2.05) is 12.1 Å². The Hall–Kier alpha value is -2.43. The molecule has 35 heavy (non-hydrogen) atoms. The first-order chi connectivity index (χ1) is 16.7. The second-order valence-corrected chi connectivity index (χ2v) is 10.4.